The third-order valence-electron chi connectivity index (χ3n) is 5.22. The Bertz CT molecular complexity index is 1240. The number of carbonyl (C=O) groups is 2. The van der Waals surface area contributed by atoms with Crippen molar-refractivity contribution >= 4 is 46.3 Å². The number of Topliss-reactive ketones (excluding diaryl/α,β-unsaturated/α-hetero) is 1. The van der Waals surface area contributed by atoms with Gasteiger partial charge in [-0.3, -0.25) is 19.5 Å². The average molecular weight is 469 g/mol. The second-order valence-corrected chi connectivity index (χ2v) is 8.10. The lowest BCUT2D eigenvalue weighted by Crippen LogP contribution is -2.29. The first-order chi connectivity index (χ1) is 15.3. The highest BCUT2D eigenvalue weighted by molar-refractivity contribution is 6.51. The molecule has 162 valence electrons. The number of rotatable bonds is 4. The number of anilines is 1. The summed E-state index contributed by atoms with van der Waals surface area (Å²) in [6.07, 6.45) is 3.13. The van der Waals surface area contributed by atoms with Crippen LogP contribution in [0, 0.1) is 6.92 Å². The molecule has 1 fully saturated rings. The highest BCUT2D eigenvalue weighted by atomic mass is 35.5. The Kier molecular flexibility index (Phi) is 5.91. The molecule has 1 amide bonds. The maximum atomic E-state index is 13.2. The van der Waals surface area contributed by atoms with Gasteiger partial charge in [0.05, 0.1) is 29.3 Å². The van der Waals surface area contributed by atoms with E-state index >= 15 is 0 Å². The van der Waals surface area contributed by atoms with Crippen molar-refractivity contribution in [1.82, 2.24) is 4.98 Å². The zero-order chi connectivity index (χ0) is 23.0. The van der Waals surface area contributed by atoms with E-state index in [2.05, 4.69) is 4.98 Å². The molecule has 0 radical (unpaired) electrons. The van der Waals surface area contributed by atoms with Gasteiger partial charge in [0.2, 0.25) is 0 Å². The van der Waals surface area contributed by atoms with Crippen molar-refractivity contribution in [2.75, 3.05) is 12.0 Å². The predicted octanol–water partition coefficient (Wildman–Crippen LogP) is 5.33. The van der Waals surface area contributed by atoms with Gasteiger partial charge >= 0.3 is 0 Å². The topological polar surface area (TPSA) is 79.7 Å². The zero-order valence-corrected chi connectivity index (χ0v) is 18.7. The Morgan fingerprint density at radius 2 is 1.84 bits per heavy atom. The molecule has 1 aromatic heterocycles. The van der Waals surface area contributed by atoms with Gasteiger partial charge in [0.15, 0.2) is 0 Å². The zero-order valence-electron chi connectivity index (χ0n) is 17.2. The maximum Gasteiger partial charge on any atom is 0.300 e. The van der Waals surface area contributed by atoms with Crippen LogP contribution in [-0.2, 0) is 9.59 Å². The van der Waals surface area contributed by atoms with Crippen molar-refractivity contribution in [1.29, 1.82) is 0 Å². The first-order valence-corrected chi connectivity index (χ1v) is 10.4. The molecular weight excluding hydrogens is 451 g/mol. The molecule has 0 bridgehead atoms. The molecule has 0 aliphatic carbocycles. The van der Waals surface area contributed by atoms with E-state index in [-0.39, 0.29) is 26.9 Å². The van der Waals surface area contributed by atoms with Crippen LogP contribution in [0.3, 0.4) is 0 Å². The number of benzene rings is 2. The number of amides is 1. The van der Waals surface area contributed by atoms with Gasteiger partial charge < -0.3 is 9.84 Å². The smallest absolute Gasteiger partial charge is 0.300 e. The molecule has 0 spiro atoms. The first kappa shape index (κ1) is 21.9. The summed E-state index contributed by atoms with van der Waals surface area (Å²) in [5.74, 6) is -1.90. The molecule has 1 aliphatic rings. The number of hydrogen-bond donors (Lipinski definition) is 1. The summed E-state index contributed by atoms with van der Waals surface area (Å²) < 4.78 is 5.33. The van der Waals surface area contributed by atoms with Crippen LogP contribution in [0.5, 0.6) is 5.75 Å². The number of ketones is 1. The van der Waals surface area contributed by atoms with E-state index in [0.29, 0.717) is 11.3 Å². The van der Waals surface area contributed by atoms with Gasteiger partial charge in [-0.25, -0.2) is 0 Å². The van der Waals surface area contributed by atoms with Gasteiger partial charge in [-0.1, -0.05) is 47.0 Å². The monoisotopic (exact) mass is 468 g/mol. The number of pyridine rings is 1. The van der Waals surface area contributed by atoms with Crippen LogP contribution >= 0.6 is 23.2 Å². The molecule has 2 heterocycles. The van der Waals surface area contributed by atoms with Crippen LogP contribution in [0.4, 0.5) is 5.69 Å². The normalized spacial score (nSPS) is 17.6. The number of aliphatic hydroxyl groups is 1. The standard InChI is InChI=1S/C24H18Cl2N2O4/c1-13-5-7-16(8-6-13)28-20(14-4-3-9-27-12-14)19(22(30)24(28)31)21(29)17-10-15(25)11-18(26)23(17)32-2/h3-12,20,29H,1-2H3/b21-19+. The van der Waals surface area contributed by atoms with Crippen LogP contribution < -0.4 is 9.64 Å². The summed E-state index contributed by atoms with van der Waals surface area (Å²) in [7, 11) is 1.38. The third kappa shape index (κ3) is 3.72. The lowest BCUT2D eigenvalue weighted by molar-refractivity contribution is -0.132. The van der Waals surface area contributed by atoms with Crippen LogP contribution in [0.2, 0.25) is 10.0 Å². The molecule has 8 heteroatoms. The molecule has 1 atom stereocenters. The Labute approximate surface area is 194 Å². The molecule has 1 aliphatic heterocycles. The summed E-state index contributed by atoms with van der Waals surface area (Å²) in [5, 5.41) is 11.7. The van der Waals surface area contributed by atoms with Gasteiger partial charge in [0.25, 0.3) is 11.7 Å². The molecule has 1 saturated heterocycles. The minimum atomic E-state index is -0.908. The van der Waals surface area contributed by atoms with Crippen LogP contribution in [0.15, 0.2) is 66.5 Å². The number of halogens is 2. The number of hydrogen-bond acceptors (Lipinski definition) is 5. The molecular formula is C24H18Cl2N2O4. The summed E-state index contributed by atoms with van der Waals surface area (Å²) in [6.45, 7) is 1.92. The fourth-order valence-electron chi connectivity index (χ4n) is 3.75. The van der Waals surface area contributed by atoms with Gasteiger partial charge in [-0.2, -0.15) is 0 Å². The quantitative estimate of drug-likeness (QED) is 0.317. The molecule has 3 aromatic rings. The number of aromatic nitrogens is 1. The van der Waals surface area contributed by atoms with Crippen molar-refractivity contribution in [3.05, 3.63) is 93.2 Å². The van der Waals surface area contributed by atoms with Crippen molar-refractivity contribution in [3.63, 3.8) is 0 Å². The van der Waals surface area contributed by atoms with E-state index in [0.717, 1.165) is 5.56 Å². The first-order valence-electron chi connectivity index (χ1n) is 9.64. The lowest BCUT2D eigenvalue weighted by Gasteiger charge is -2.25. The molecule has 6 nitrogen and oxygen atoms in total. The van der Waals surface area contributed by atoms with E-state index in [4.69, 9.17) is 27.9 Å². The number of carbonyl (C=O) groups excluding carboxylic acids is 2. The SMILES string of the molecule is COc1c(Cl)cc(Cl)cc1/C(O)=C1\C(=O)C(=O)N(c2ccc(C)cc2)C1c1cccnc1. The minimum absolute atomic E-state index is 0.111. The number of methoxy groups -OCH3 is 1. The number of aliphatic hydroxyl groups excluding tert-OH is 1. The summed E-state index contributed by atoms with van der Waals surface area (Å²) in [4.78, 5) is 31.8. The van der Waals surface area contributed by atoms with Gasteiger partial charge in [-0.15, -0.1) is 0 Å². The molecule has 4 rings (SSSR count). The van der Waals surface area contributed by atoms with Crippen LogP contribution in [0.1, 0.15) is 22.7 Å². The molecule has 2 aromatic carbocycles. The molecule has 1 N–H and O–H groups in total. The predicted molar refractivity (Wildman–Crippen MR) is 123 cm³/mol. The van der Waals surface area contributed by atoms with Gasteiger partial charge in [-0.05, 0) is 42.8 Å². The van der Waals surface area contributed by atoms with Gasteiger partial charge in [0.1, 0.15) is 11.5 Å². The molecule has 0 saturated carbocycles. The summed E-state index contributed by atoms with van der Waals surface area (Å²) in [6, 6.07) is 12.6. The Morgan fingerprint density at radius 3 is 2.47 bits per heavy atom. The number of ether oxygens (including phenoxy) is 1. The van der Waals surface area contributed by atoms with E-state index in [1.807, 2.05) is 19.1 Å². The third-order valence-corrected chi connectivity index (χ3v) is 5.72. The minimum Gasteiger partial charge on any atom is -0.507 e. The lowest BCUT2D eigenvalue weighted by atomic mass is 9.95. The second kappa shape index (κ2) is 8.65. The Hall–Kier alpha value is -3.35. The van der Waals surface area contributed by atoms with E-state index < -0.39 is 23.5 Å². The number of aryl methyl sites for hydroxylation is 1. The van der Waals surface area contributed by atoms with Gasteiger partial charge in [0, 0.05) is 23.1 Å². The maximum absolute atomic E-state index is 13.2. The molecule has 32 heavy (non-hydrogen) atoms. The average Bonchev–Trinajstić information content (AvgIpc) is 3.04. The fraction of sp³-hybridized carbons (Fsp3) is 0.125. The summed E-state index contributed by atoms with van der Waals surface area (Å²) >= 11 is 12.4. The van der Waals surface area contributed by atoms with E-state index in [1.165, 1.54) is 24.1 Å². The Morgan fingerprint density at radius 1 is 1.12 bits per heavy atom. The Balaban J connectivity index is 1.99. The van der Waals surface area contributed by atoms with Crippen molar-refractivity contribution in [2.24, 2.45) is 0 Å². The largest absolute Gasteiger partial charge is 0.507 e. The fourth-order valence-corrected chi connectivity index (χ4v) is 4.32. The van der Waals surface area contributed by atoms with Crippen molar-refractivity contribution in [2.45, 2.75) is 13.0 Å². The van der Waals surface area contributed by atoms with E-state index in [9.17, 15) is 14.7 Å². The second-order valence-electron chi connectivity index (χ2n) is 7.26. The van der Waals surface area contributed by atoms with Crippen molar-refractivity contribution in [3.8, 4) is 5.75 Å². The van der Waals surface area contributed by atoms with Crippen LogP contribution in [-0.4, -0.2) is 28.9 Å². The molecule has 1 unspecified atom stereocenters. The van der Waals surface area contributed by atoms with E-state index in [1.54, 1.807) is 36.7 Å². The number of nitrogens with zero attached hydrogens (tertiary/aromatic N) is 2. The highest BCUT2D eigenvalue weighted by Crippen LogP contribution is 2.44. The van der Waals surface area contributed by atoms with Crippen LogP contribution in [0.25, 0.3) is 5.76 Å². The highest BCUT2D eigenvalue weighted by Gasteiger charge is 2.47. The summed E-state index contributed by atoms with van der Waals surface area (Å²) in [5.41, 5.74) is 2.07. The van der Waals surface area contributed by atoms with Crippen molar-refractivity contribution < 1.29 is 19.4 Å².